The van der Waals surface area contributed by atoms with Crippen molar-refractivity contribution in [3.05, 3.63) is 95.4 Å². The highest BCUT2D eigenvalue weighted by molar-refractivity contribution is 5.99. The van der Waals surface area contributed by atoms with Crippen molar-refractivity contribution in [2.75, 3.05) is 7.11 Å². The van der Waals surface area contributed by atoms with E-state index < -0.39 is 5.97 Å². The van der Waals surface area contributed by atoms with E-state index in [1.54, 1.807) is 24.3 Å². The molecule has 0 fully saturated rings. The number of ether oxygens (including phenoxy) is 2. The highest BCUT2D eigenvalue weighted by Crippen LogP contribution is 2.28. The maximum atomic E-state index is 12.4. The second-order valence-electron chi connectivity index (χ2n) is 7.03. The van der Waals surface area contributed by atoms with Gasteiger partial charge in [0, 0.05) is 5.56 Å². The van der Waals surface area contributed by atoms with Gasteiger partial charge in [-0.25, -0.2) is 10.2 Å². The number of carboxylic acid groups (broad SMARTS) is 1. The van der Waals surface area contributed by atoms with E-state index in [1.807, 2.05) is 36.4 Å². The fourth-order valence-electron chi connectivity index (χ4n) is 3.16. The van der Waals surface area contributed by atoms with Gasteiger partial charge >= 0.3 is 5.97 Å². The summed E-state index contributed by atoms with van der Waals surface area (Å²) < 4.78 is 16.2. The van der Waals surface area contributed by atoms with Crippen molar-refractivity contribution >= 4 is 28.9 Å². The van der Waals surface area contributed by atoms with Gasteiger partial charge in [-0.15, -0.1) is 0 Å². The molecule has 0 bridgehead atoms. The number of carbonyl (C=O) groups excluding carboxylic acids is 1. The molecule has 0 aliphatic heterocycles. The van der Waals surface area contributed by atoms with Crippen molar-refractivity contribution in [1.29, 1.82) is 0 Å². The topological polar surface area (TPSA) is 110 Å². The van der Waals surface area contributed by atoms with E-state index >= 15 is 0 Å². The Morgan fingerprint density at radius 3 is 2.58 bits per heavy atom. The lowest BCUT2D eigenvalue weighted by molar-refractivity contribution is 0.0657. The molecule has 3 aromatic carbocycles. The number of fused-ring (bicyclic) bond motifs is 1. The molecule has 4 aromatic rings. The number of hydrogen-bond donors (Lipinski definition) is 2. The van der Waals surface area contributed by atoms with Crippen molar-refractivity contribution in [2.45, 2.75) is 6.61 Å². The fourth-order valence-corrected chi connectivity index (χ4v) is 3.16. The summed E-state index contributed by atoms with van der Waals surface area (Å²) in [5.74, 6) is -0.347. The summed E-state index contributed by atoms with van der Waals surface area (Å²) in [5.41, 5.74) is 3.72. The van der Waals surface area contributed by atoms with E-state index in [9.17, 15) is 9.59 Å². The summed E-state index contributed by atoms with van der Waals surface area (Å²) in [6.45, 7) is 0.0406. The summed E-state index contributed by atoms with van der Waals surface area (Å²) in [6, 6.07) is 21.3. The van der Waals surface area contributed by atoms with Gasteiger partial charge < -0.3 is 19.0 Å². The van der Waals surface area contributed by atoms with E-state index in [0.717, 1.165) is 10.8 Å². The molecule has 0 atom stereocenters. The average molecular weight is 444 g/mol. The SMILES string of the molecule is COc1cc(/C=N/NC(=O)c2ccc3ccccc3c2)ccc1OCc1ccc(C(=O)O)o1. The molecule has 1 amide bonds. The molecule has 0 aliphatic carbocycles. The number of nitrogens with zero attached hydrogens (tertiary/aromatic N) is 1. The van der Waals surface area contributed by atoms with Crippen LogP contribution in [0.2, 0.25) is 0 Å². The molecule has 4 rings (SSSR count). The van der Waals surface area contributed by atoms with Crippen LogP contribution in [-0.2, 0) is 6.61 Å². The summed E-state index contributed by atoms with van der Waals surface area (Å²) in [6.07, 6.45) is 1.50. The van der Waals surface area contributed by atoms with E-state index in [1.165, 1.54) is 25.5 Å². The van der Waals surface area contributed by atoms with Crippen LogP contribution in [-0.4, -0.2) is 30.3 Å². The van der Waals surface area contributed by atoms with Gasteiger partial charge in [0.15, 0.2) is 11.5 Å². The standard InChI is InChI=1S/C25H20N2O6/c1-31-23-12-16(6-10-21(23)32-15-20-9-11-22(33-20)25(29)30)14-26-27-24(28)19-8-7-17-4-2-3-5-18(17)13-19/h2-14H,15H2,1H3,(H,27,28)(H,29,30)/b26-14+. The number of rotatable bonds is 8. The van der Waals surface area contributed by atoms with Crippen LogP contribution in [0.4, 0.5) is 0 Å². The molecule has 0 spiro atoms. The van der Waals surface area contributed by atoms with Crippen molar-refractivity contribution in [3.8, 4) is 11.5 Å². The third kappa shape index (κ3) is 5.19. The smallest absolute Gasteiger partial charge is 0.371 e. The summed E-state index contributed by atoms with van der Waals surface area (Å²) in [5, 5.41) is 15.0. The van der Waals surface area contributed by atoms with Gasteiger partial charge in [0.2, 0.25) is 5.76 Å². The zero-order valence-corrected chi connectivity index (χ0v) is 17.6. The molecule has 0 unspecified atom stereocenters. The zero-order chi connectivity index (χ0) is 23.2. The van der Waals surface area contributed by atoms with E-state index in [0.29, 0.717) is 28.4 Å². The molecule has 8 nitrogen and oxygen atoms in total. The van der Waals surface area contributed by atoms with Gasteiger partial charge in [0.1, 0.15) is 12.4 Å². The predicted octanol–water partition coefficient (Wildman–Crippen LogP) is 4.48. The number of aromatic carboxylic acids is 1. The summed E-state index contributed by atoms with van der Waals surface area (Å²) in [4.78, 5) is 23.3. The van der Waals surface area contributed by atoms with Crippen LogP contribution in [0.15, 0.2) is 82.3 Å². The van der Waals surface area contributed by atoms with Gasteiger partial charge in [-0.3, -0.25) is 4.79 Å². The first-order valence-corrected chi connectivity index (χ1v) is 9.98. The number of amides is 1. The second-order valence-corrected chi connectivity index (χ2v) is 7.03. The fraction of sp³-hybridized carbons (Fsp3) is 0.0800. The molecular formula is C25H20N2O6. The number of methoxy groups -OCH3 is 1. The number of carbonyl (C=O) groups is 2. The molecule has 0 radical (unpaired) electrons. The van der Waals surface area contributed by atoms with Crippen LogP contribution in [0.3, 0.4) is 0 Å². The Bertz CT molecular complexity index is 1340. The predicted molar refractivity (Wildman–Crippen MR) is 122 cm³/mol. The Labute approximate surface area is 189 Å². The molecule has 8 heteroatoms. The minimum atomic E-state index is -1.14. The van der Waals surface area contributed by atoms with Crippen LogP contribution in [0, 0.1) is 0 Å². The lowest BCUT2D eigenvalue weighted by Gasteiger charge is -2.10. The van der Waals surface area contributed by atoms with Gasteiger partial charge in [0.05, 0.1) is 13.3 Å². The minimum Gasteiger partial charge on any atom is -0.493 e. The van der Waals surface area contributed by atoms with Gasteiger partial charge in [-0.1, -0.05) is 30.3 Å². The highest BCUT2D eigenvalue weighted by Gasteiger charge is 2.11. The number of nitrogens with one attached hydrogen (secondary N) is 1. The number of hydrazone groups is 1. The summed E-state index contributed by atoms with van der Waals surface area (Å²) >= 11 is 0. The highest BCUT2D eigenvalue weighted by atomic mass is 16.5. The summed E-state index contributed by atoms with van der Waals surface area (Å²) in [7, 11) is 1.50. The molecule has 1 aromatic heterocycles. The first-order valence-electron chi connectivity index (χ1n) is 9.98. The van der Waals surface area contributed by atoms with Gasteiger partial charge in [-0.05, 0) is 58.8 Å². The Balaban J connectivity index is 1.39. The molecule has 33 heavy (non-hydrogen) atoms. The first kappa shape index (κ1) is 21.6. The third-order valence-electron chi connectivity index (χ3n) is 4.82. The second kappa shape index (κ2) is 9.69. The molecule has 0 saturated heterocycles. The first-order chi connectivity index (χ1) is 16.0. The Morgan fingerprint density at radius 1 is 1.00 bits per heavy atom. The molecule has 0 aliphatic rings. The maximum Gasteiger partial charge on any atom is 0.371 e. The maximum absolute atomic E-state index is 12.4. The average Bonchev–Trinajstić information content (AvgIpc) is 3.32. The van der Waals surface area contributed by atoms with E-state index in [4.69, 9.17) is 19.0 Å². The van der Waals surface area contributed by atoms with E-state index in [-0.39, 0.29) is 18.3 Å². The normalized spacial score (nSPS) is 10.9. The number of carboxylic acids is 1. The third-order valence-corrected chi connectivity index (χ3v) is 4.82. The lowest BCUT2D eigenvalue weighted by Crippen LogP contribution is -2.17. The Hall–Kier alpha value is -4.59. The monoisotopic (exact) mass is 444 g/mol. The van der Waals surface area contributed by atoms with Crippen LogP contribution in [0.25, 0.3) is 10.8 Å². The Morgan fingerprint density at radius 2 is 1.82 bits per heavy atom. The molecule has 1 heterocycles. The van der Waals surface area contributed by atoms with Crippen molar-refractivity contribution in [1.82, 2.24) is 5.43 Å². The van der Waals surface area contributed by atoms with Crippen LogP contribution < -0.4 is 14.9 Å². The number of hydrogen-bond acceptors (Lipinski definition) is 6. The van der Waals surface area contributed by atoms with Crippen molar-refractivity contribution < 1.29 is 28.6 Å². The number of furan rings is 1. The van der Waals surface area contributed by atoms with Crippen molar-refractivity contribution in [3.63, 3.8) is 0 Å². The quantitative estimate of drug-likeness (QED) is 0.306. The van der Waals surface area contributed by atoms with Crippen molar-refractivity contribution in [2.24, 2.45) is 5.10 Å². The van der Waals surface area contributed by atoms with Crippen LogP contribution >= 0.6 is 0 Å². The lowest BCUT2D eigenvalue weighted by atomic mass is 10.1. The molecular weight excluding hydrogens is 424 g/mol. The minimum absolute atomic E-state index is 0.0406. The van der Waals surface area contributed by atoms with Gasteiger partial charge in [-0.2, -0.15) is 5.10 Å². The van der Waals surface area contributed by atoms with Crippen LogP contribution in [0.1, 0.15) is 32.2 Å². The van der Waals surface area contributed by atoms with Crippen LogP contribution in [0.5, 0.6) is 11.5 Å². The van der Waals surface area contributed by atoms with E-state index in [2.05, 4.69) is 10.5 Å². The molecule has 2 N–H and O–H groups in total. The van der Waals surface area contributed by atoms with Gasteiger partial charge in [0.25, 0.3) is 5.91 Å². The Kier molecular flexibility index (Phi) is 6.36. The molecule has 0 saturated carbocycles. The largest absolute Gasteiger partial charge is 0.493 e. The zero-order valence-electron chi connectivity index (χ0n) is 17.6. The number of benzene rings is 3. The molecule has 166 valence electrons.